The number of carbonyl (C=O) groups is 1. The Morgan fingerprint density at radius 1 is 1.21 bits per heavy atom. The van der Waals surface area contributed by atoms with Gasteiger partial charge in [0.2, 0.25) is 5.95 Å². The Morgan fingerprint density at radius 2 is 1.97 bits per heavy atom. The minimum atomic E-state index is -0.160. The molecule has 0 unspecified atom stereocenters. The minimum absolute atomic E-state index is 0.0696. The summed E-state index contributed by atoms with van der Waals surface area (Å²) in [6, 6.07) is 12.0. The molecule has 3 aromatic rings. The minimum Gasteiger partial charge on any atom is -0.368 e. The van der Waals surface area contributed by atoms with Crippen molar-refractivity contribution >= 4 is 11.9 Å². The molecule has 1 aliphatic rings. The molecule has 1 aromatic carbocycles. The Kier molecular flexibility index (Phi) is 5.00. The van der Waals surface area contributed by atoms with E-state index in [1.165, 1.54) is 5.56 Å². The Morgan fingerprint density at radius 3 is 2.69 bits per heavy atom. The van der Waals surface area contributed by atoms with Crippen LogP contribution in [0.3, 0.4) is 0 Å². The van der Waals surface area contributed by atoms with Crippen LogP contribution in [0.5, 0.6) is 0 Å². The number of aromatic nitrogens is 5. The van der Waals surface area contributed by atoms with Crippen LogP contribution in [0.4, 0.5) is 5.95 Å². The van der Waals surface area contributed by atoms with Gasteiger partial charge in [-0.2, -0.15) is 0 Å². The number of hydrogen-bond donors (Lipinski definition) is 1. The van der Waals surface area contributed by atoms with Gasteiger partial charge in [-0.3, -0.25) is 4.79 Å². The molecule has 0 saturated heterocycles. The number of nitrogen functional groups attached to an aromatic ring is 1. The third-order valence-corrected chi connectivity index (χ3v) is 5.16. The maximum atomic E-state index is 13.1. The van der Waals surface area contributed by atoms with Crippen molar-refractivity contribution in [3.63, 3.8) is 0 Å². The molecule has 8 nitrogen and oxygen atoms in total. The van der Waals surface area contributed by atoms with Crippen molar-refractivity contribution in [3.05, 3.63) is 65.0 Å². The molecule has 150 valence electrons. The van der Waals surface area contributed by atoms with E-state index in [1.807, 2.05) is 32.0 Å². The summed E-state index contributed by atoms with van der Waals surface area (Å²) in [5.41, 5.74) is 8.10. The fourth-order valence-corrected chi connectivity index (χ4v) is 3.72. The maximum Gasteiger partial charge on any atom is 0.273 e. The molecule has 0 fully saturated rings. The second-order valence-electron chi connectivity index (χ2n) is 7.79. The van der Waals surface area contributed by atoms with Gasteiger partial charge in [0.1, 0.15) is 11.5 Å². The van der Waals surface area contributed by atoms with Crippen LogP contribution in [0.15, 0.2) is 36.4 Å². The van der Waals surface area contributed by atoms with Crippen LogP contribution in [-0.2, 0) is 13.0 Å². The van der Waals surface area contributed by atoms with Crippen LogP contribution < -0.4 is 5.73 Å². The van der Waals surface area contributed by atoms with Crippen molar-refractivity contribution in [2.75, 3.05) is 12.3 Å². The van der Waals surface area contributed by atoms with Gasteiger partial charge < -0.3 is 15.2 Å². The van der Waals surface area contributed by atoms with Crippen LogP contribution in [-0.4, -0.2) is 42.1 Å². The van der Waals surface area contributed by atoms with Crippen molar-refractivity contribution in [2.24, 2.45) is 0 Å². The van der Waals surface area contributed by atoms with E-state index in [1.54, 1.807) is 11.0 Å². The summed E-state index contributed by atoms with van der Waals surface area (Å²) < 4.78 is 2.14. The summed E-state index contributed by atoms with van der Waals surface area (Å²) in [7, 11) is 0. The summed E-state index contributed by atoms with van der Waals surface area (Å²) in [6.45, 7) is 7.05. The lowest BCUT2D eigenvalue weighted by Crippen LogP contribution is -2.41. The predicted octanol–water partition coefficient (Wildman–Crippen LogP) is 2.58. The van der Waals surface area contributed by atoms with Crippen LogP contribution in [0.2, 0.25) is 0 Å². The number of fused-ring (bicyclic) bond motifs is 1. The number of benzene rings is 1. The van der Waals surface area contributed by atoms with Gasteiger partial charge in [0.25, 0.3) is 5.91 Å². The quantitative estimate of drug-likeness (QED) is 0.733. The molecule has 2 aromatic heterocycles. The zero-order valence-electron chi connectivity index (χ0n) is 16.9. The fraction of sp³-hybridized carbons (Fsp3) is 0.381. The average molecular weight is 391 g/mol. The van der Waals surface area contributed by atoms with Gasteiger partial charge in [-0.15, -0.1) is 10.2 Å². The van der Waals surface area contributed by atoms with Crippen molar-refractivity contribution < 1.29 is 4.79 Å². The third-order valence-electron chi connectivity index (χ3n) is 5.16. The first-order valence-corrected chi connectivity index (χ1v) is 9.82. The highest BCUT2D eigenvalue weighted by Gasteiger charge is 2.30. The van der Waals surface area contributed by atoms with E-state index >= 15 is 0 Å². The second-order valence-corrected chi connectivity index (χ2v) is 7.79. The molecule has 29 heavy (non-hydrogen) atoms. The first kappa shape index (κ1) is 19.0. The summed E-state index contributed by atoms with van der Waals surface area (Å²) >= 11 is 0. The summed E-state index contributed by atoms with van der Waals surface area (Å²) in [4.78, 5) is 23.2. The molecule has 8 heteroatoms. The van der Waals surface area contributed by atoms with E-state index in [9.17, 15) is 4.79 Å². The van der Waals surface area contributed by atoms with Gasteiger partial charge in [-0.1, -0.05) is 44.2 Å². The predicted molar refractivity (Wildman–Crippen MR) is 109 cm³/mol. The average Bonchev–Trinajstić information content (AvgIpc) is 3.11. The van der Waals surface area contributed by atoms with Gasteiger partial charge in [0.05, 0.1) is 12.6 Å². The summed E-state index contributed by atoms with van der Waals surface area (Å²) in [5, 5.41) is 8.75. The number of nitrogens with zero attached hydrogens (tertiary/aromatic N) is 6. The monoisotopic (exact) mass is 391 g/mol. The van der Waals surface area contributed by atoms with Crippen LogP contribution in [0.1, 0.15) is 66.1 Å². The lowest BCUT2D eigenvalue weighted by atomic mass is 10.1. The third kappa shape index (κ3) is 3.83. The highest BCUT2D eigenvalue weighted by molar-refractivity contribution is 5.92. The van der Waals surface area contributed by atoms with E-state index in [0.717, 1.165) is 17.3 Å². The Hall–Kier alpha value is -3.29. The first-order valence-electron chi connectivity index (χ1n) is 9.82. The summed E-state index contributed by atoms with van der Waals surface area (Å²) in [5.74, 6) is 1.83. The molecule has 0 bridgehead atoms. The van der Waals surface area contributed by atoms with Crippen molar-refractivity contribution in [2.45, 2.75) is 45.7 Å². The topological polar surface area (TPSA) is 103 Å². The molecule has 1 amide bonds. The van der Waals surface area contributed by atoms with Gasteiger partial charge in [0, 0.05) is 18.7 Å². The van der Waals surface area contributed by atoms with Crippen molar-refractivity contribution in [3.8, 4) is 0 Å². The smallest absolute Gasteiger partial charge is 0.273 e. The molecule has 4 rings (SSSR count). The van der Waals surface area contributed by atoms with E-state index in [0.29, 0.717) is 25.2 Å². The Balaban J connectivity index is 1.57. The summed E-state index contributed by atoms with van der Waals surface area (Å²) in [6.07, 6.45) is 0.715. The number of anilines is 1. The van der Waals surface area contributed by atoms with Crippen molar-refractivity contribution in [1.82, 2.24) is 29.6 Å². The van der Waals surface area contributed by atoms with Crippen LogP contribution >= 0.6 is 0 Å². The molecular weight excluding hydrogens is 366 g/mol. The maximum absolute atomic E-state index is 13.1. The van der Waals surface area contributed by atoms with Gasteiger partial charge >= 0.3 is 0 Å². The van der Waals surface area contributed by atoms with E-state index in [-0.39, 0.29) is 23.8 Å². The lowest BCUT2D eigenvalue weighted by Gasteiger charge is -2.32. The lowest BCUT2D eigenvalue weighted by molar-refractivity contribution is 0.0673. The zero-order chi connectivity index (χ0) is 20.5. The number of nitrogens with two attached hydrogens (primary N) is 1. The van der Waals surface area contributed by atoms with Crippen LogP contribution in [0, 0.1) is 0 Å². The SMILES string of the molecule is CC(C)c1cc(C(=O)N2Cc3nnc(Cc4ccccc4)n3[C@@H](C)C2)nc(N)n1. The van der Waals surface area contributed by atoms with E-state index < -0.39 is 0 Å². The Bertz CT molecular complexity index is 1030. The van der Waals surface area contributed by atoms with Gasteiger partial charge in [-0.05, 0) is 24.5 Å². The molecule has 0 aliphatic carbocycles. The van der Waals surface area contributed by atoms with Crippen molar-refractivity contribution in [1.29, 1.82) is 0 Å². The second kappa shape index (κ2) is 7.62. The largest absolute Gasteiger partial charge is 0.368 e. The van der Waals surface area contributed by atoms with Crippen LogP contribution in [0.25, 0.3) is 0 Å². The van der Waals surface area contributed by atoms with Gasteiger partial charge in [-0.25, -0.2) is 9.97 Å². The number of hydrogen-bond acceptors (Lipinski definition) is 6. The zero-order valence-corrected chi connectivity index (χ0v) is 16.9. The molecular formula is C21H25N7O. The standard InChI is InChI=1S/C21H25N7O/c1-13(2)16-10-17(24-21(22)23-16)20(29)27-11-14(3)28-18(25-26-19(28)12-27)9-15-7-5-4-6-8-15/h4-8,10,13-14H,9,11-12H2,1-3H3,(H2,22,23,24)/t14-/m0/s1. The number of rotatable bonds is 4. The Labute approximate surface area is 169 Å². The first-order chi connectivity index (χ1) is 13.9. The molecule has 1 aliphatic heterocycles. The number of amides is 1. The molecule has 1 atom stereocenters. The number of carbonyl (C=O) groups excluding carboxylic acids is 1. The molecule has 3 heterocycles. The normalized spacial score (nSPS) is 16.1. The van der Waals surface area contributed by atoms with E-state index in [4.69, 9.17) is 5.73 Å². The van der Waals surface area contributed by atoms with E-state index in [2.05, 4.69) is 43.8 Å². The highest BCUT2D eigenvalue weighted by atomic mass is 16.2. The van der Waals surface area contributed by atoms with Gasteiger partial charge in [0.15, 0.2) is 5.82 Å². The fourth-order valence-electron chi connectivity index (χ4n) is 3.72. The highest BCUT2D eigenvalue weighted by Crippen LogP contribution is 2.24. The molecule has 0 spiro atoms. The molecule has 0 radical (unpaired) electrons. The molecule has 0 saturated carbocycles. The molecule has 2 N–H and O–H groups in total.